The van der Waals surface area contributed by atoms with Gasteiger partial charge >= 0.3 is 0 Å². The van der Waals surface area contributed by atoms with Crippen molar-refractivity contribution in [3.8, 4) is 11.1 Å². The van der Waals surface area contributed by atoms with Crippen molar-refractivity contribution >= 4 is 40.3 Å². The van der Waals surface area contributed by atoms with E-state index in [1.54, 1.807) is 6.92 Å². The molecule has 152 valence electrons. The van der Waals surface area contributed by atoms with Gasteiger partial charge in [-0.1, -0.05) is 26.0 Å². The summed E-state index contributed by atoms with van der Waals surface area (Å²) in [4.78, 5) is 13.7. The normalized spacial score (nSPS) is 13.6. The Morgan fingerprint density at radius 1 is 1.24 bits per heavy atom. The number of carbonyl (C=O) groups is 1. The largest absolute Gasteiger partial charge is 0.338 e. The highest BCUT2D eigenvalue weighted by Gasteiger charge is 2.25. The molecule has 3 heterocycles. The lowest BCUT2D eigenvalue weighted by atomic mass is 10.1. The molecule has 3 aromatic rings. The van der Waals surface area contributed by atoms with Gasteiger partial charge in [0.15, 0.2) is 5.82 Å². The van der Waals surface area contributed by atoms with Crippen LogP contribution in [0.3, 0.4) is 0 Å². The van der Waals surface area contributed by atoms with E-state index in [4.69, 9.17) is 0 Å². The topological polar surface area (TPSA) is 68.0 Å². The fourth-order valence-corrected chi connectivity index (χ4v) is 4.36. The molecule has 7 nitrogen and oxygen atoms in total. The van der Waals surface area contributed by atoms with Crippen LogP contribution >= 0.6 is 22.9 Å². The van der Waals surface area contributed by atoms with Crippen molar-refractivity contribution in [1.29, 1.82) is 0 Å². The molecule has 1 aromatic carbocycles. The van der Waals surface area contributed by atoms with Crippen LogP contribution in [0, 0.1) is 5.92 Å². The summed E-state index contributed by atoms with van der Waals surface area (Å²) in [7, 11) is 0. The SMILES string of the molecule is CC(=O)N1CCc2c(c(Nc3ccc(-c4cnn(CC(C)C)c4)cc3)nn2I)C1. The quantitative estimate of drug-likeness (QED) is 0.528. The van der Waals surface area contributed by atoms with Gasteiger partial charge < -0.3 is 10.2 Å². The number of anilines is 2. The molecule has 1 amide bonds. The summed E-state index contributed by atoms with van der Waals surface area (Å²) in [5.41, 5.74) is 5.50. The second-order valence-electron chi connectivity index (χ2n) is 7.87. The van der Waals surface area contributed by atoms with E-state index >= 15 is 0 Å². The minimum Gasteiger partial charge on any atom is -0.338 e. The lowest BCUT2D eigenvalue weighted by Crippen LogP contribution is -2.34. The Morgan fingerprint density at radius 2 is 2.00 bits per heavy atom. The second-order valence-corrected chi connectivity index (χ2v) is 8.79. The standard InChI is InChI=1S/C21H25IN6O/c1-14(2)11-27-12-17(10-23-27)16-4-6-18(7-5-16)24-21-19-13-26(15(3)29)9-8-20(19)28(22)25-21/h4-7,10,12,14H,8-9,11,13H2,1-3H3,(H,24,25). The van der Waals surface area contributed by atoms with Crippen LogP contribution in [-0.2, 0) is 24.3 Å². The number of nitrogens with one attached hydrogen (secondary N) is 1. The number of benzene rings is 1. The maximum Gasteiger partial charge on any atom is 0.219 e. The molecule has 0 unspecified atom stereocenters. The van der Waals surface area contributed by atoms with Crippen molar-refractivity contribution in [2.24, 2.45) is 5.92 Å². The molecule has 0 bridgehead atoms. The molecule has 0 aliphatic carbocycles. The van der Waals surface area contributed by atoms with Crippen LogP contribution in [0.25, 0.3) is 11.1 Å². The minimum absolute atomic E-state index is 0.102. The Bertz CT molecular complexity index is 1020. The van der Waals surface area contributed by atoms with Crippen molar-refractivity contribution in [1.82, 2.24) is 22.7 Å². The van der Waals surface area contributed by atoms with Gasteiger partial charge in [-0.05, 0) is 23.6 Å². The summed E-state index contributed by atoms with van der Waals surface area (Å²) in [6, 6.07) is 8.29. The predicted octanol–water partition coefficient (Wildman–Crippen LogP) is 4.25. The first kappa shape index (κ1) is 19.9. The zero-order valence-electron chi connectivity index (χ0n) is 16.9. The molecule has 0 radical (unpaired) electrons. The van der Waals surface area contributed by atoms with Crippen molar-refractivity contribution in [2.75, 3.05) is 11.9 Å². The molecule has 8 heteroatoms. The molecule has 0 atom stereocenters. The van der Waals surface area contributed by atoms with Crippen molar-refractivity contribution in [3.05, 3.63) is 47.9 Å². The third kappa shape index (κ3) is 4.31. The summed E-state index contributed by atoms with van der Waals surface area (Å²) in [5, 5.41) is 12.5. The first-order valence-corrected chi connectivity index (χ1v) is 10.8. The van der Waals surface area contributed by atoms with Gasteiger partial charge in [-0.25, -0.2) is 2.90 Å². The maximum atomic E-state index is 11.8. The summed E-state index contributed by atoms with van der Waals surface area (Å²) < 4.78 is 3.89. The molecular formula is C21H25IN6O. The number of carbonyl (C=O) groups excluding carboxylic acids is 1. The minimum atomic E-state index is 0.102. The number of amides is 1. The van der Waals surface area contributed by atoms with Crippen LogP contribution in [0.2, 0.25) is 0 Å². The Hall–Kier alpha value is -2.36. The third-order valence-corrected chi connectivity index (χ3v) is 5.92. The Kier molecular flexibility index (Phi) is 5.62. The predicted molar refractivity (Wildman–Crippen MR) is 122 cm³/mol. The third-order valence-electron chi connectivity index (χ3n) is 5.12. The molecule has 0 spiro atoms. The van der Waals surface area contributed by atoms with Gasteiger partial charge in [-0.3, -0.25) is 9.48 Å². The molecule has 0 saturated heterocycles. The van der Waals surface area contributed by atoms with Crippen molar-refractivity contribution in [3.63, 3.8) is 0 Å². The number of nitrogens with zero attached hydrogens (tertiary/aromatic N) is 5. The van der Waals surface area contributed by atoms with Gasteiger partial charge in [-0.2, -0.15) is 5.10 Å². The molecule has 0 saturated carbocycles. The molecule has 1 aliphatic heterocycles. The molecule has 4 rings (SSSR count). The van der Waals surface area contributed by atoms with E-state index in [1.165, 1.54) is 5.69 Å². The first-order chi connectivity index (χ1) is 13.9. The molecule has 0 fully saturated rings. The van der Waals surface area contributed by atoms with Crippen LogP contribution in [0.15, 0.2) is 36.7 Å². The van der Waals surface area contributed by atoms with Gasteiger partial charge in [0.25, 0.3) is 0 Å². The van der Waals surface area contributed by atoms with Crippen LogP contribution in [0.4, 0.5) is 11.5 Å². The molecule has 2 aromatic heterocycles. The number of halogens is 1. The Labute approximate surface area is 184 Å². The van der Waals surface area contributed by atoms with E-state index in [0.717, 1.165) is 47.7 Å². The highest BCUT2D eigenvalue weighted by Crippen LogP contribution is 2.30. The number of aromatic nitrogens is 4. The van der Waals surface area contributed by atoms with E-state index in [1.807, 2.05) is 18.7 Å². The molecular weight excluding hydrogens is 479 g/mol. The van der Waals surface area contributed by atoms with Crippen molar-refractivity contribution < 1.29 is 4.79 Å². The number of hydrogen-bond acceptors (Lipinski definition) is 4. The van der Waals surface area contributed by atoms with E-state index in [2.05, 4.69) is 82.7 Å². The second kappa shape index (κ2) is 8.17. The molecule has 1 N–H and O–H groups in total. The summed E-state index contributed by atoms with van der Waals surface area (Å²) in [6.45, 7) is 8.26. The summed E-state index contributed by atoms with van der Waals surface area (Å²) >= 11 is 2.21. The fraction of sp³-hybridized carbons (Fsp3) is 0.381. The first-order valence-electron chi connectivity index (χ1n) is 9.83. The zero-order chi connectivity index (χ0) is 20.5. The van der Waals surface area contributed by atoms with Gasteiger partial charge in [0.2, 0.25) is 5.91 Å². The van der Waals surface area contributed by atoms with Crippen molar-refractivity contribution in [2.45, 2.75) is 40.3 Å². The highest BCUT2D eigenvalue weighted by atomic mass is 127. The summed E-state index contributed by atoms with van der Waals surface area (Å²) in [6.07, 6.45) is 4.83. The lowest BCUT2D eigenvalue weighted by Gasteiger charge is -2.26. The van der Waals surface area contributed by atoms with Crippen LogP contribution < -0.4 is 5.32 Å². The van der Waals surface area contributed by atoms with Gasteiger partial charge in [-0.15, -0.1) is 5.10 Å². The van der Waals surface area contributed by atoms with Crippen LogP contribution in [0.1, 0.15) is 32.0 Å². The number of fused-ring (bicyclic) bond motifs is 1. The monoisotopic (exact) mass is 504 g/mol. The molecule has 1 aliphatic rings. The van der Waals surface area contributed by atoms with E-state index in [0.29, 0.717) is 12.5 Å². The van der Waals surface area contributed by atoms with Gasteiger partial charge in [0.05, 0.1) is 41.3 Å². The van der Waals surface area contributed by atoms with Crippen LogP contribution in [0.5, 0.6) is 0 Å². The van der Waals surface area contributed by atoms with E-state index in [9.17, 15) is 4.79 Å². The lowest BCUT2D eigenvalue weighted by molar-refractivity contribution is -0.129. The van der Waals surface area contributed by atoms with Crippen LogP contribution in [-0.4, -0.2) is 35.1 Å². The van der Waals surface area contributed by atoms with E-state index < -0.39 is 0 Å². The smallest absolute Gasteiger partial charge is 0.219 e. The van der Waals surface area contributed by atoms with Gasteiger partial charge in [0.1, 0.15) is 0 Å². The van der Waals surface area contributed by atoms with Gasteiger partial charge in [0, 0.05) is 49.4 Å². The summed E-state index contributed by atoms with van der Waals surface area (Å²) in [5.74, 6) is 1.49. The highest BCUT2D eigenvalue weighted by molar-refractivity contribution is 14.1. The molecule has 29 heavy (non-hydrogen) atoms. The average molecular weight is 504 g/mol. The Balaban J connectivity index is 1.51. The maximum absolute atomic E-state index is 11.8. The van der Waals surface area contributed by atoms with E-state index in [-0.39, 0.29) is 5.91 Å². The number of hydrogen-bond donors (Lipinski definition) is 1. The fourth-order valence-electron chi connectivity index (χ4n) is 3.62. The zero-order valence-corrected chi connectivity index (χ0v) is 19.0. The number of rotatable bonds is 5. The average Bonchev–Trinajstić information content (AvgIpc) is 3.26. The Morgan fingerprint density at radius 3 is 2.69 bits per heavy atom.